The molecule has 38 heavy (non-hydrogen) atoms. The van der Waals surface area contributed by atoms with Crippen molar-refractivity contribution >= 4 is 17.4 Å². The summed E-state index contributed by atoms with van der Waals surface area (Å²) in [5, 5.41) is 11.3. The van der Waals surface area contributed by atoms with Crippen molar-refractivity contribution in [2.24, 2.45) is 0 Å². The highest BCUT2D eigenvalue weighted by Gasteiger charge is 2.45. The first-order valence-electron chi connectivity index (χ1n) is 13.0. The van der Waals surface area contributed by atoms with Crippen LogP contribution in [0.1, 0.15) is 53.6 Å². The predicted molar refractivity (Wildman–Crippen MR) is 150 cm³/mol. The lowest BCUT2D eigenvalue weighted by Gasteiger charge is -2.27. The van der Waals surface area contributed by atoms with Crippen molar-refractivity contribution in [1.29, 1.82) is 0 Å². The molecule has 0 saturated carbocycles. The van der Waals surface area contributed by atoms with Gasteiger partial charge in [0, 0.05) is 18.7 Å². The smallest absolute Gasteiger partial charge is 0.295 e. The Morgan fingerprint density at radius 2 is 1.63 bits per heavy atom. The Morgan fingerprint density at radius 1 is 0.974 bits per heavy atom. The quantitative estimate of drug-likeness (QED) is 0.227. The zero-order chi connectivity index (χ0) is 27.4. The van der Waals surface area contributed by atoms with E-state index in [1.54, 1.807) is 29.2 Å². The Morgan fingerprint density at radius 3 is 2.24 bits per heavy atom. The van der Waals surface area contributed by atoms with E-state index in [-0.39, 0.29) is 11.3 Å². The van der Waals surface area contributed by atoms with Crippen LogP contribution in [0.5, 0.6) is 5.75 Å². The van der Waals surface area contributed by atoms with Crippen LogP contribution < -0.4 is 4.74 Å². The Labute approximate surface area is 225 Å². The summed E-state index contributed by atoms with van der Waals surface area (Å²) in [6, 6.07) is 22.3. The first-order chi connectivity index (χ1) is 18.2. The SMILES string of the molecule is Cc1ccccc1COc1ccc(C(O)=C2C(=O)C(=O)N(CCN(C)C)C2c2ccc(C(C)C)cc2)cc1. The molecule has 1 aliphatic rings. The number of Topliss-reactive ketones (excluding diaryl/α,β-unsaturated/α-hetero) is 1. The molecule has 1 heterocycles. The zero-order valence-corrected chi connectivity index (χ0v) is 22.8. The van der Waals surface area contributed by atoms with Gasteiger partial charge >= 0.3 is 0 Å². The summed E-state index contributed by atoms with van der Waals surface area (Å²) in [6.07, 6.45) is 0. The van der Waals surface area contributed by atoms with E-state index in [1.807, 2.05) is 74.4 Å². The topological polar surface area (TPSA) is 70.1 Å². The van der Waals surface area contributed by atoms with Crippen molar-refractivity contribution in [3.05, 3.63) is 106 Å². The van der Waals surface area contributed by atoms with Gasteiger partial charge in [0.05, 0.1) is 11.6 Å². The number of likely N-dealkylation sites (tertiary alicyclic amines) is 1. The number of rotatable bonds is 9. The third-order valence-electron chi connectivity index (χ3n) is 7.03. The first-order valence-corrected chi connectivity index (χ1v) is 13.0. The van der Waals surface area contributed by atoms with Crippen molar-refractivity contribution in [1.82, 2.24) is 9.80 Å². The lowest BCUT2D eigenvalue weighted by Crippen LogP contribution is -2.35. The molecule has 198 valence electrons. The molecule has 3 aromatic rings. The molecule has 0 radical (unpaired) electrons. The molecular weight excluding hydrogens is 476 g/mol. The lowest BCUT2D eigenvalue weighted by atomic mass is 9.93. The van der Waals surface area contributed by atoms with Crippen LogP contribution in [0.3, 0.4) is 0 Å². The summed E-state index contributed by atoms with van der Waals surface area (Å²) in [5.74, 6) is -0.435. The highest BCUT2D eigenvalue weighted by atomic mass is 16.5. The van der Waals surface area contributed by atoms with E-state index in [9.17, 15) is 14.7 Å². The first kappa shape index (κ1) is 27.1. The van der Waals surface area contributed by atoms with Gasteiger partial charge in [0.15, 0.2) is 0 Å². The molecule has 0 aliphatic carbocycles. The number of amides is 1. The van der Waals surface area contributed by atoms with Gasteiger partial charge in [0.1, 0.15) is 18.1 Å². The average molecular weight is 513 g/mol. The van der Waals surface area contributed by atoms with E-state index in [1.165, 1.54) is 5.56 Å². The summed E-state index contributed by atoms with van der Waals surface area (Å²) in [5.41, 5.74) is 4.79. The summed E-state index contributed by atoms with van der Waals surface area (Å²) in [7, 11) is 3.84. The second kappa shape index (κ2) is 11.7. The maximum absolute atomic E-state index is 13.2. The van der Waals surface area contributed by atoms with Gasteiger partial charge < -0.3 is 19.6 Å². The maximum atomic E-state index is 13.2. The van der Waals surface area contributed by atoms with Gasteiger partial charge in [-0.25, -0.2) is 0 Å². The van der Waals surface area contributed by atoms with E-state index >= 15 is 0 Å². The molecule has 1 N–H and O–H groups in total. The molecule has 0 aromatic heterocycles. The van der Waals surface area contributed by atoms with Gasteiger partial charge in [-0.15, -0.1) is 0 Å². The molecule has 1 aliphatic heterocycles. The molecular formula is C32H36N2O4. The van der Waals surface area contributed by atoms with Gasteiger partial charge in [0.25, 0.3) is 11.7 Å². The third kappa shape index (κ3) is 5.81. The van der Waals surface area contributed by atoms with Crippen molar-refractivity contribution in [3.63, 3.8) is 0 Å². The molecule has 6 heteroatoms. The van der Waals surface area contributed by atoms with Crippen LogP contribution in [0, 0.1) is 6.92 Å². The van der Waals surface area contributed by atoms with Crippen molar-refractivity contribution in [2.75, 3.05) is 27.2 Å². The second-order valence-corrected chi connectivity index (χ2v) is 10.4. The monoisotopic (exact) mass is 512 g/mol. The minimum absolute atomic E-state index is 0.111. The Bertz CT molecular complexity index is 1320. The molecule has 1 amide bonds. The van der Waals surface area contributed by atoms with Gasteiger partial charge in [0.2, 0.25) is 0 Å². The Kier molecular flexibility index (Phi) is 8.32. The van der Waals surface area contributed by atoms with Crippen LogP contribution in [-0.2, 0) is 16.2 Å². The lowest BCUT2D eigenvalue weighted by molar-refractivity contribution is -0.140. The standard InChI is InChI=1S/C32H36N2O4/c1-21(2)23-10-12-24(13-11-23)29-28(31(36)32(37)34(29)19-18-33(4)5)30(35)25-14-16-27(17-15-25)38-20-26-9-7-6-8-22(26)3/h6-17,21,29,35H,18-20H2,1-5H3. The number of aryl methyl sites for hydroxylation is 1. The number of ether oxygens (including phenoxy) is 1. The van der Waals surface area contributed by atoms with Crippen molar-refractivity contribution < 1.29 is 19.4 Å². The second-order valence-electron chi connectivity index (χ2n) is 10.4. The Hall–Kier alpha value is -3.90. The number of carbonyl (C=O) groups is 2. The summed E-state index contributed by atoms with van der Waals surface area (Å²) in [6.45, 7) is 7.68. The van der Waals surface area contributed by atoms with Gasteiger partial charge in [-0.3, -0.25) is 9.59 Å². The summed E-state index contributed by atoms with van der Waals surface area (Å²) >= 11 is 0. The number of aliphatic hydroxyl groups excluding tert-OH is 1. The number of nitrogens with zero attached hydrogens (tertiary/aromatic N) is 2. The van der Waals surface area contributed by atoms with Gasteiger partial charge in [-0.2, -0.15) is 0 Å². The Balaban J connectivity index is 1.66. The fourth-order valence-corrected chi connectivity index (χ4v) is 4.63. The maximum Gasteiger partial charge on any atom is 0.295 e. The third-order valence-corrected chi connectivity index (χ3v) is 7.03. The average Bonchev–Trinajstić information content (AvgIpc) is 3.16. The fraction of sp³-hybridized carbons (Fsp3) is 0.312. The highest BCUT2D eigenvalue weighted by Crippen LogP contribution is 2.39. The van der Waals surface area contributed by atoms with Gasteiger partial charge in [-0.1, -0.05) is 62.4 Å². The van der Waals surface area contributed by atoms with Crippen LogP contribution in [0.4, 0.5) is 0 Å². The molecule has 0 bridgehead atoms. The normalized spacial score (nSPS) is 17.0. The minimum atomic E-state index is -0.668. The van der Waals surface area contributed by atoms with E-state index in [2.05, 4.69) is 13.8 Å². The minimum Gasteiger partial charge on any atom is -0.507 e. The van der Waals surface area contributed by atoms with E-state index in [0.29, 0.717) is 36.9 Å². The molecule has 0 spiro atoms. The van der Waals surface area contributed by atoms with Crippen LogP contribution in [0.15, 0.2) is 78.4 Å². The fourth-order valence-electron chi connectivity index (χ4n) is 4.63. The zero-order valence-electron chi connectivity index (χ0n) is 22.8. The van der Waals surface area contributed by atoms with Crippen LogP contribution in [-0.4, -0.2) is 53.8 Å². The molecule has 1 fully saturated rings. The number of hydrogen-bond acceptors (Lipinski definition) is 5. The molecule has 6 nitrogen and oxygen atoms in total. The summed E-state index contributed by atoms with van der Waals surface area (Å²) in [4.78, 5) is 29.9. The van der Waals surface area contributed by atoms with E-state index in [4.69, 9.17) is 4.74 Å². The number of likely N-dealkylation sites (N-methyl/N-ethyl adjacent to an activating group) is 1. The highest BCUT2D eigenvalue weighted by molar-refractivity contribution is 6.46. The number of ketones is 1. The van der Waals surface area contributed by atoms with E-state index in [0.717, 1.165) is 16.7 Å². The van der Waals surface area contributed by atoms with Crippen molar-refractivity contribution in [3.8, 4) is 5.75 Å². The predicted octanol–water partition coefficient (Wildman–Crippen LogP) is 5.68. The van der Waals surface area contributed by atoms with Gasteiger partial charge in [-0.05, 0) is 73.5 Å². The summed E-state index contributed by atoms with van der Waals surface area (Å²) < 4.78 is 5.93. The number of aliphatic hydroxyl groups is 1. The van der Waals surface area contributed by atoms with Crippen LogP contribution >= 0.6 is 0 Å². The largest absolute Gasteiger partial charge is 0.507 e. The van der Waals surface area contributed by atoms with Crippen LogP contribution in [0.25, 0.3) is 5.76 Å². The number of hydrogen-bond donors (Lipinski definition) is 1. The van der Waals surface area contributed by atoms with Crippen LogP contribution in [0.2, 0.25) is 0 Å². The molecule has 1 unspecified atom stereocenters. The van der Waals surface area contributed by atoms with E-state index < -0.39 is 17.7 Å². The molecule has 3 aromatic carbocycles. The van der Waals surface area contributed by atoms with Crippen molar-refractivity contribution in [2.45, 2.75) is 39.3 Å². The number of carbonyl (C=O) groups excluding carboxylic acids is 2. The molecule has 4 rings (SSSR count). The molecule has 1 atom stereocenters. The number of benzene rings is 3. The molecule has 1 saturated heterocycles.